The molecule has 1 aliphatic heterocycles. The average Bonchev–Trinajstić information content (AvgIpc) is 2.42. The lowest BCUT2D eigenvalue weighted by Gasteiger charge is -2.35. The van der Waals surface area contributed by atoms with Crippen LogP contribution in [0.1, 0.15) is 24.4 Å². The van der Waals surface area contributed by atoms with E-state index in [1.165, 1.54) is 12.1 Å². The molecule has 2 nitrogen and oxygen atoms in total. The molecule has 0 amide bonds. The van der Waals surface area contributed by atoms with Gasteiger partial charge in [-0.05, 0) is 30.5 Å². The fourth-order valence-corrected chi connectivity index (χ4v) is 2.87. The number of hydrogen-bond acceptors (Lipinski definition) is 2. The normalized spacial score (nSPS) is 18.2. The van der Waals surface area contributed by atoms with Crippen molar-refractivity contribution in [3.05, 3.63) is 47.3 Å². The van der Waals surface area contributed by atoms with E-state index in [0.29, 0.717) is 5.02 Å². The Kier molecular flexibility index (Phi) is 5.37. The molecule has 2 rings (SSSR count). The Hall–Kier alpha value is -0.900. The van der Waals surface area contributed by atoms with Gasteiger partial charge in [0.2, 0.25) is 0 Å². The van der Waals surface area contributed by atoms with Crippen LogP contribution in [0.5, 0.6) is 0 Å². The van der Waals surface area contributed by atoms with Gasteiger partial charge in [0.25, 0.3) is 0 Å². The van der Waals surface area contributed by atoms with Gasteiger partial charge in [-0.1, -0.05) is 23.7 Å². The van der Waals surface area contributed by atoms with Crippen molar-refractivity contribution in [2.24, 2.45) is 0 Å². The molecule has 4 heteroatoms. The van der Waals surface area contributed by atoms with Crippen molar-refractivity contribution in [1.82, 2.24) is 10.2 Å². The molecule has 1 aliphatic rings. The first-order valence-electron chi connectivity index (χ1n) is 6.73. The smallest absolute Gasteiger partial charge is 0.124 e. The highest BCUT2D eigenvalue weighted by Crippen LogP contribution is 2.32. The Morgan fingerprint density at radius 1 is 1.42 bits per heavy atom. The zero-order valence-corrected chi connectivity index (χ0v) is 11.8. The van der Waals surface area contributed by atoms with Crippen molar-refractivity contribution in [1.29, 1.82) is 0 Å². The van der Waals surface area contributed by atoms with E-state index in [9.17, 15) is 4.39 Å². The lowest BCUT2D eigenvalue weighted by molar-refractivity contribution is 0.166. The SMILES string of the molecule is C=CCC[C@H](c1ccc(F)cc1Cl)N1CCNCC1. The van der Waals surface area contributed by atoms with Gasteiger partial charge in [0.1, 0.15) is 5.82 Å². The molecule has 0 saturated carbocycles. The van der Waals surface area contributed by atoms with Gasteiger partial charge in [-0.3, -0.25) is 4.90 Å². The van der Waals surface area contributed by atoms with Crippen LogP contribution in [-0.2, 0) is 0 Å². The standard InChI is InChI=1S/C15H20ClFN2/c1-2-3-4-15(19-9-7-18-8-10-19)13-6-5-12(17)11-14(13)16/h2,5-6,11,15,18H,1,3-4,7-10H2/t15-/m1/s1. The third-order valence-electron chi connectivity index (χ3n) is 3.56. The van der Waals surface area contributed by atoms with E-state index in [1.807, 2.05) is 12.1 Å². The summed E-state index contributed by atoms with van der Waals surface area (Å²) in [6.07, 6.45) is 3.82. The Balaban J connectivity index is 2.22. The number of nitrogens with one attached hydrogen (secondary N) is 1. The van der Waals surface area contributed by atoms with E-state index in [-0.39, 0.29) is 11.9 Å². The number of piperazine rings is 1. The van der Waals surface area contributed by atoms with Gasteiger partial charge in [0.15, 0.2) is 0 Å². The molecule has 0 radical (unpaired) electrons. The van der Waals surface area contributed by atoms with E-state index in [4.69, 9.17) is 11.6 Å². The maximum atomic E-state index is 13.2. The third-order valence-corrected chi connectivity index (χ3v) is 3.89. The second-order valence-corrected chi connectivity index (χ2v) is 5.24. The number of benzene rings is 1. The van der Waals surface area contributed by atoms with Gasteiger partial charge in [-0.25, -0.2) is 4.39 Å². The fraction of sp³-hybridized carbons (Fsp3) is 0.467. The fourth-order valence-electron chi connectivity index (χ4n) is 2.58. The second kappa shape index (κ2) is 7.04. The highest BCUT2D eigenvalue weighted by molar-refractivity contribution is 6.31. The zero-order chi connectivity index (χ0) is 13.7. The lowest BCUT2D eigenvalue weighted by atomic mass is 9.99. The largest absolute Gasteiger partial charge is 0.314 e. The first kappa shape index (κ1) is 14.5. The van der Waals surface area contributed by atoms with Crippen LogP contribution in [0.4, 0.5) is 4.39 Å². The Morgan fingerprint density at radius 2 is 2.16 bits per heavy atom. The summed E-state index contributed by atoms with van der Waals surface area (Å²) >= 11 is 6.21. The number of nitrogens with zero attached hydrogens (tertiary/aromatic N) is 1. The van der Waals surface area contributed by atoms with E-state index in [0.717, 1.165) is 44.6 Å². The predicted molar refractivity (Wildman–Crippen MR) is 78.0 cm³/mol. The summed E-state index contributed by atoms with van der Waals surface area (Å²) in [4.78, 5) is 2.42. The zero-order valence-electron chi connectivity index (χ0n) is 11.0. The molecule has 1 saturated heterocycles. The van der Waals surface area contributed by atoms with Crippen LogP contribution in [-0.4, -0.2) is 31.1 Å². The summed E-state index contributed by atoms with van der Waals surface area (Å²) in [6, 6.07) is 4.95. The van der Waals surface area contributed by atoms with Crippen molar-refractivity contribution in [2.45, 2.75) is 18.9 Å². The van der Waals surface area contributed by atoms with Crippen molar-refractivity contribution < 1.29 is 4.39 Å². The lowest BCUT2D eigenvalue weighted by Crippen LogP contribution is -2.45. The van der Waals surface area contributed by atoms with Crippen LogP contribution in [0.2, 0.25) is 5.02 Å². The van der Waals surface area contributed by atoms with Gasteiger partial charge in [0.05, 0.1) is 0 Å². The van der Waals surface area contributed by atoms with Crippen molar-refractivity contribution >= 4 is 11.6 Å². The van der Waals surface area contributed by atoms with Gasteiger partial charge in [-0.2, -0.15) is 0 Å². The van der Waals surface area contributed by atoms with Crippen LogP contribution in [0.25, 0.3) is 0 Å². The Bertz CT molecular complexity index is 430. The summed E-state index contributed by atoms with van der Waals surface area (Å²) in [5.41, 5.74) is 1.02. The van der Waals surface area contributed by atoms with Crippen molar-refractivity contribution in [3.63, 3.8) is 0 Å². The maximum Gasteiger partial charge on any atom is 0.124 e. The molecule has 1 N–H and O–H groups in total. The highest BCUT2D eigenvalue weighted by atomic mass is 35.5. The molecule has 0 spiro atoms. The summed E-state index contributed by atoms with van der Waals surface area (Å²) in [5, 5.41) is 3.87. The van der Waals surface area contributed by atoms with Crippen LogP contribution < -0.4 is 5.32 Å². The molecule has 0 aliphatic carbocycles. The first-order valence-corrected chi connectivity index (χ1v) is 7.11. The van der Waals surface area contributed by atoms with Gasteiger partial charge >= 0.3 is 0 Å². The average molecular weight is 283 g/mol. The van der Waals surface area contributed by atoms with Gasteiger partial charge in [-0.15, -0.1) is 6.58 Å². The van der Waals surface area contributed by atoms with Crippen LogP contribution >= 0.6 is 11.6 Å². The molecule has 0 unspecified atom stereocenters. The number of allylic oxidation sites excluding steroid dienone is 1. The molecule has 1 aromatic carbocycles. The minimum Gasteiger partial charge on any atom is -0.314 e. The molecular weight excluding hydrogens is 263 g/mol. The molecule has 19 heavy (non-hydrogen) atoms. The molecule has 1 aromatic rings. The van der Waals surface area contributed by atoms with Crippen molar-refractivity contribution in [2.75, 3.05) is 26.2 Å². The van der Waals surface area contributed by atoms with Crippen LogP contribution in [0.15, 0.2) is 30.9 Å². The monoisotopic (exact) mass is 282 g/mol. The van der Waals surface area contributed by atoms with Crippen molar-refractivity contribution in [3.8, 4) is 0 Å². The summed E-state index contributed by atoms with van der Waals surface area (Å²) in [5.74, 6) is -0.281. The summed E-state index contributed by atoms with van der Waals surface area (Å²) < 4.78 is 13.2. The highest BCUT2D eigenvalue weighted by Gasteiger charge is 2.23. The van der Waals surface area contributed by atoms with E-state index in [1.54, 1.807) is 0 Å². The first-order chi connectivity index (χ1) is 9.22. The summed E-state index contributed by atoms with van der Waals surface area (Å²) in [7, 11) is 0. The molecule has 1 atom stereocenters. The minimum absolute atomic E-state index is 0.244. The van der Waals surface area contributed by atoms with E-state index in [2.05, 4.69) is 16.8 Å². The minimum atomic E-state index is -0.281. The Labute approximate surface area is 119 Å². The molecular formula is C15H20ClFN2. The molecule has 0 aromatic heterocycles. The number of rotatable bonds is 5. The topological polar surface area (TPSA) is 15.3 Å². The third kappa shape index (κ3) is 3.78. The molecule has 1 heterocycles. The quantitative estimate of drug-likeness (QED) is 0.833. The number of hydrogen-bond donors (Lipinski definition) is 1. The van der Waals surface area contributed by atoms with Crippen LogP contribution in [0.3, 0.4) is 0 Å². The van der Waals surface area contributed by atoms with Crippen LogP contribution in [0, 0.1) is 5.82 Å². The maximum absolute atomic E-state index is 13.2. The summed E-state index contributed by atoms with van der Waals surface area (Å²) in [6.45, 7) is 7.75. The molecule has 1 fully saturated rings. The second-order valence-electron chi connectivity index (χ2n) is 4.83. The van der Waals surface area contributed by atoms with E-state index >= 15 is 0 Å². The van der Waals surface area contributed by atoms with E-state index < -0.39 is 0 Å². The van der Waals surface area contributed by atoms with Gasteiger partial charge < -0.3 is 5.32 Å². The predicted octanol–water partition coefficient (Wildman–Crippen LogP) is 3.39. The molecule has 104 valence electrons. The Morgan fingerprint density at radius 3 is 2.79 bits per heavy atom. The number of halogens is 2. The van der Waals surface area contributed by atoms with Gasteiger partial charge in [0, 0.05) is 37.2 Å². The molecule has 0 bridgehead atoms.